The highest BCUT2D eigenvalue weighted by Gasteiger charge is 2.05. The van der Waals surface area contributed by atoms with Crippen molar-refractivity contribution in [1.82, 2.24) is 0 Å². The van der Waals surface area contributed by atoms with Crippen LogP contribution in [0.4, 0.5) is 0 Å². The quantitative estimate of drug-likeness (QED) is 0.0729. The average Bonchev–Trinajstić information content (AvgIpc) is 2.89. The molecule has 5 nitrogen and oxygen atoms in total. The Morgan fingerprint density at radius 2 is 0.892 bits per heavy atom. The molecule has 0 unspecified atom stereocenters. The van der Waals surface area contributed by atoms with Crippen LogP contribution in [0, 0.1) is 0 Å². The Morgan fingerprint density at radius 3 is 1.24 bits per heavy atom. The smallest absolute Gasteiger partial charge is 0.186 e. The van der Waals surface area contributed by atoms with Gasteiger partial charge in [-0.05, 0) is 30.5 Å². The monoisotopic (exact) mass is 517 g/mol. The fourth-order valence-corrected chi connectivity index (χ4v) is 4.63. The predicted octanol–water partition coefficient (Wildman–Crippen LogP) is 9.06. The van der Waals surface area contributed by atoms with Crippen molar-refractivity contribution < 1.29 is 9.47 Å². The molecule has 0 saturated carbocycles. The molecule has 0 bridgehead atoms. The molecule has 0 aliphatic carbocycles. The van der Waals surface area contributed by atoms with Gasteiger partial charge in [0.05, 0.1) is 19.8 Å². The van der Waals surface area contributed by atoms with Crippen LogP contribution in [0.2, 0.25) is 0 Å². The van der Waals surface area contributed by atoms with Crippen molar-refractivity contribution in [3.05, 3.63) is 23.8 Å². The maximum Gasteiger partial charge on any atom is 0.186 e. The summed E-state index contributed by atoms with van der Waals surface area (Å²) in [6, 6.07) is 6.05. The summed E-state index contributed by atoms with van der Waals surface area (Å²) in [4.78, 5) is 4.16. The van der Waals surface area contributed by atoms with E-state index < -0.39 is 0 Å². The molecule has 0 radical (unpaired) electrons. The van der Waals surface area contributed by atoms with Crippen LogP contribution in [0.25, 0.3) is 0 Å². The maximum atomic E-state index is 6.08. The van der Waals surface area contributed by atoms with Crippen molar-refractivity contribution >= 4 is 5.96 Å². The van der Waals surface area contributed by atoms with Crippen molar-refractivity contribution in [2.75, 3.05) is 13.2 Å². The molecule has 0 heterocycles. The van der Waals surface area contributed by atoms with Crippen molar-refractivity contribution in [2.24, 2.45) is 16.5 Å². The fraction of sp³-hybridized carbons (Fsp3) is 0.781. The molecule has 0 amide bonds. The van der Waals surface area contributed by atoms with Crippen LogP contribution in [0.5, 0.6) is 11.5 Å². The summed E-state index contributed by atoms with van der Waals surface area (Å²) < 4.78 is 12.2. The van der Waals surface area contributed by atoms with Gasteiger partial charge in [0.15, 0.2) is 5.96 Å². The summed E-state index contributed by atoms with van der Waals surface area (Å²) in [5, 5.41) is 0. The Labute approximate surface area is 229 Å². The Hall–Kier alpha value is -1.91. The van der Waals surface area contributed by atoms with E-state index in [0.717, 1.165) is 43.1 Å². The zero-order chi connectivity index (χ0) is 26.8. The van der Waals surface area contributed by atoms with Gasteiger partial charge in [0.2, 0.25) is 0 Å². The van der Waals surface area contributed by atoms with E-state index in [1.54, 1.807) is 0 Å². The fourth-order valence-electron chi connectivity index (χ4n) is 4.63. The third-order valence-corrected chi connectivity index (χ3v) is 6.92. The predicted molar refractivity (Wildman–Crippen MR) is 161 cm³/mol. The van der Waals surface area contributed by atoms with E-state index in [0.29, 0.717) is 6.54 Å². The Balaban J connectivity index is 2.28. The molecular weight excluding hydrogens is 458 g/mol. The van der Waals surface area contributed by atoms with Gasteiger partial charge in [0.1, 0.15) is 11.5 Å². The SMILES string of the molecule is CCCCCCCCCCCCOc1cc(CN=C(N)N)cc(OCCCCCCCCCCCC)c1. The van der Waals surface area contributed by atoms with E-state index in [1.165, 1.54) is 116 Å². The zero-order valence-electron chi connectivity index (χ0n) is 24.4. The van der Waals surface area contributed by atoms with Crippen LogP contribution >= 0.6 is 0 Å². The second-order valence-electron chi connectivity index (χ2n) is 10.6. The first-order valence-corrected chi connectivity index (χ1v) is 15.6. The number of rotatable bonds is 26. The van der Waals surface area contributed by atoms with Crippen molar-refractivity contribution in [3.63, 3.8) is 0 Å². The number of benzene rings is 1. The molecule has 0 spiro atoms. The van der Waals surface area contributed by atoms with E-state index in [1.807, 2.05) is 18.2 Å². The summed E-state index contributed by atoms with van der Waals surface area (Å²) in [5.74, 6) is 1.79. The van der Waals surface area contributed by atoms with Gasteiger partial charge in [0, 0.05) is 6.07 Å². The maximum absolute atomic E-state index is 6.08. The molecule has 37 heavy (non-hydrogen) atoms. The number of ether oxygens (including phenoxy) is 2. The van der Waals surface area contributed by atoms with Gasteiger partial charge in [-0.25, -0.2) is 4.99 Å². The minimum atomic E-state index is 0.101. The highest BCUT2D eigenvalue weighted by atomic mass is 16.5. The van der Waals surface area contributed by atoms with Gasteiger partial charge < -0.3 is 20.9 Å². The largest absolute Gasteiger partial charge is 0.493 e. The molecule has 214 valence electrons. The molecule has 1 aromatic carbocycles. The van der Waals surface area contributed by atoms with Gasteiger partial charge in [-0.3, -0.25) is 0 Å². The number of guanidine groups is 1. The first-order valence-electron chi connectivity index (χ1n) is 15.6. The minimum Gasteiger partial charge on any atom is -0.493 e. The summed E-state index contributed by atoms with van der Waals surface area (Å²) in [7, 11) is 0. The zero-order valence-corrected chi connectivity index (χ0v) is 24.4. The van der Waals surface area contributed by atoms with Crippen LogP contribution in [-0.4, -0.2) is 19.2 Å². The van der Waals surface area contributed by atoms with Crippen LogP contribution < -0.4 is 20.9 Å². The van der Waals surface area contributed by atoms with Gasteiger partial charge >= 0.3 is 0 Å². The van der Waals surface area contributed by atoms with E-state index >= 15 is 0 Å². The highest BCUT2D eigenvalue weighted by molar-refractivity contribution is 5.75. The number of unbranched alkanes of at least 4 members (excludes halogenated alkanes) is 18. The molecular formula is C32H59N3O2. The Kier molecular flexibility index (Phi) is 21.9. The third kappa shape index (κ3) is 20.8. The molecule has 0 fully saturated rings. The first kappa shape index (κ1) is 33.1. The number of hydrogen-bond acceptors (Lipinski definition) is 3. The molecule has 1 aromatic rings. The van der Waals surface area contributed by atoms with Crippen molar-refractivity contribution in [2.45, 2.75) is 149 Å². The first-order chi connectivity index (χ1) is 18.2. The highest BCUT2D eigenvalue weighted by Crippen LogP contribution is 2.24. The van der Waals surface area contributed by atoms with Crippen LogP contribution in [-0.2, 0) is 6.54 Å². The van der Waals surface area contributed by atoms with E-state index in [2.05, 4.69) is 18.8 Å². The number of nitrogens with two attached hydrogens (primary N) is 2. The number of aliphatic imine (C=N–C) groups is 1. The van der Waals surface area contributed by atoms with Crippen LogP contribution in [0.3, 0.4) is 0 Å². The number of hydrogen-bond donors (Lipinski definition) is 2. The lowest BCUT2D eigenvalue weighted by atomic mass is 10.1. The molecule has 5 heteroatoms. The standard InChI is InChI=1S/C32H59N3O2/c1-3-5-7-9-11-13-15-17-19-21-23-36-30-25-29(28-35-32(33)34)26-31(27-30)37-24-22-20-18-16-14-12-10-8-6-4-2/h25-27H,3-24,28H2,1-2H3,(H4,33,34,35). The van der Waals surface area contributed by atoms with Gasteiger partial charge in [-0.2, -0.15) is 0 Å². The van der Waals surface area contributed by atoms with E-state index in [-0.39, 0.29) is 5.96 Å². The number of nitrogens with zero attached hydrogens (tertiary/aromatic N) is 1. The summed E-state index contributed by atoms with van der Waals surface area (Å²) in [6.07, 6.45) is 26.5. The van der Waals surface area contributed by atoms with Crippen molar-refractivity contribution in [3.8, 4) is 11.5 Å². The Morgan fingerprint density at radius 1 is 0.541 bits per heavy atom. The minimum absolute atomic E-state index is 0.101. The Bertz CT molecular complexity index is 630. The van der Waals surface area contributed by atoms with Gasteiger partial charge in [-0.15, -0.1) is 0 Å². The summed E-state index contributed by atoms with van der Waals surface area (Å²) >= 11 is 0. The molecule has 1 rings (SSSR count). The van der Waals surface area contributed by atoms with E-state index in [4.69, 9.17) is 20.9 Å². The lowest BCUT2D eigenvalue weighted by molar-refractivity contribution is 0.289. The molecule has 0 saturated heterocycles. The third-order valence-electron chi connectivity index (χ3n) is 6.92. The van der Waals surface area contributed by atoms with Crippen LogP contribution in [0.1, 0.15) is 148 Å². The molecule has 0 aliphatic heterocycles. The molecule has 0 atom stereocenters. The lowest BCUT2D eigenvalue weighted by Gasteiger charge is -2.12. The normalized spacial score (nSPS) is 11.0. The van der Waals surface area contributed by atoms with Crippen molar-refractivity contribution in [1.29, 1.82) is 0 Å². The van der Waals surface area contributed by atoms with Crippen LogP contribution in [0.15, 0.2) is 23.2 Å². The molecule has 4 N–H and O–H groups in total. The van der Waals surface area contributed by atoms with Gasteiger partial charge in [0.25, 0.3) is 0 Å². The second kappa shape index (κ2) is 24.4. The summed E-state index contributed by atoms with van der Waals surface area (Å²) in [6.45, 7) is 6.46. The van der Waals surface area contributed by atoms with Gasteiger partial charge in [-0.1, -0.05) is 129 Å². The second-order valence-corrected chi connectivity index (χ2v) is 10.6. The molecule has 0 aromatic heterocycles. The average molecular weight is 518 g/mol. The topological polar surface area (TPSA) is 82.9 Å². The lowest BCUT2D eigenvalue weighted by Crippen LogP contribution is -2.22. The molecule has 0 aliphatic rings. The van der Waals surface area contributed by atoms with E-state index in [9.17, 15) is 0 Å². The summed E-state index contributed by atoms with van der Waals surface area (Å²) in [5.41, 5.74) is 12.1.